The summed E-state index contributed by atoms with van der Waals surface area (Å²) in [5, 5.41) is 8.99. The third kappa shape index (κ3) is 4.65. The highest BCUT2D eigenvalue weighted by Gasteiger charge is 2.30. The van der Waals surface area contributed by atoms with Crippen molar-refractivity contribution >= 4 is 0 Å². The Bertz CT molecular complexity index is 322. The highest BCUT2D eigenvalue weighted by atomic mass is 14.4. The molecule has 2 aliphatic carbocycles. The molecule has 0 aromatic carbocycles. The Kier molecular flexibility index (Phi) is 6.64. The van der Waals surface area contributed by atoms with Crippen LogP contribution in [0.3, 0.4) is 0 Å². The lowest BCUT2D eigenvalue weighted by Crippen LogP contribution is -2.25. The number of rotatable bonds is 5. The number of nitrogens with zero attached hydrogens (tertiary/aromatic N) is 1. The van der Waals surface area contributed by atoms with Gasteiger partial charge in [0.05, 0.1) is 6.07 Å². The summed E-state index contributed by atoms with van der Waals surface area (Å²) in [7, 11) is 0. The van der Waals surface area contributed by atoms with Crippen molar-refractivity contribution in [2.75, 3.05) is 0 Å². The highest BCUT2D eigenvalue weighted by Crippen LogP contribution is 2.42. The fourth-order valence-electron chi connectivity index (χ4n) is 4.28. The maximum atomic E-state index is 8.99. The third-order valence-electron chi connectivity index (χ3n) is 5.66. The first kappa shape index (κ1) is 15.6. The third-order valence-corrected chi connectivity index (χ3v) is 5.66. The zero-order chi connectivity index (χ0) is 14.2. The van der Waals surface area contributed by atoms with Gasteiger partial charge in [-0.05, 0) is 75.5 Å². The second-order valence-corrected chi connectivity index (χ2v) is 6.98. The zero-order valence-electron chi connectivity index (χ0n) is 13.2. The maximum Gasteiger partial charge on any atom is 0.0655 e. The van der Waals surface area contributed by atoms with E-state index in [1.807, 2.05) is 0 Å². The minimum atomic E-state index is 0.368. The summed E-state index contributed by atoms with van der Waals surface area (Å²) >= 11 is 0. The first-order chi connectivity index (χ1) is 9.83. The van der Waals surface area contributed by atoms with Crippen LogP contribution >= 0.6 is 0 Å². The van der Waals surface area contributed by atoms with E-state index < -0.39 is 0 Å². The number of hydrogen-bond acceptors (Lipinski definition) is 1. The first-order valence-electron chi connectivity index (χ1n) is 8.88. The first-order valence-corrected chi connectivity index (χ1v) is 8.88. The van der Waals surface area contributed by atoms with E-state index in [1.165, 1.54) is 70.6 Å². The zero-order valence-corrected chi connectivity index (χ0v) is 13.2. The molecule has 0 unspecified atom stereocenters. The van der Waals surface area contributed by atoms with Crippen LogP contribution in [0.2, 0.25) is 0 Å². The largest absolute Gasteiger partial charge is 0.198 e. The number of nitriles is 1. The molecule has 112 valence electrons. The Labute approximate surface area is 125 Å². The molecule has 0 heterocycles. The molecule has 2 rings (SSSR count). The molecule has 0 N–H and O–H groups in total. The standard InChI is InChI=1S/C19H31N/c1-2-3-4-5-6-16-7-11-18(12-8-16)19-13-9-17(15-20)10-14-19/h3-4,16-19H,2,5-14H2,1H3/b4-3+. The summed E-state index contributed by atoms with van der Waals surface area (Å²) < 4.78 is 0. The fraction of sp³-hybridized carbons (Fsp3) is 0.842. The van der Waals surface area contributed by atoms with Crippen molar-refractivity contribution in [3.63, 3.8) is 0 Å². The SMILES string of the molecule is CC/C=C/CCC1CCC(C2CCC(C#N)CC2)CC1. The van der Waals surface area contributed by atoms with Gasteiger partial charge in [-0.15, -0.1) is 0 Å². The minimum Gasteiger partial charge on any atom is -0.198 e. The molecule has 1 heteroatoms. The molecule has 0 bridgehead atoms. The van der Waals surface area contributed by atoms with Gasteiger partial charge in [-0.3, -0.25) is 0 Å². The summed E-state index contributed by atoms with van der Waals surface area (Å²) in [5.74, 6) is 3.29. The van der Waals surface area contributed by atoms with Crippen LogP contribution in [-0.2, 0) is 0 Å². The summed E-state index contributed by atoms with van der Waals surface area (Å²) in [6.45, 7) is 2.21. The van der Waals surface area contributed by atoms with Crippen LogP contribution in [0.25, 0.3) is 0 Å². The lowest BCUT2D eigenvalue weighted by Gasteiger charge is -2.36. The molecule has 0 aliphatic heterocycles. The van der Waals surface area contributed by atoms with Gasteiger partial charge in [-0.1, -0.05) is 31.9 Å². The van der Waals surface area contributed by atoms with Crippen LogP contribution in [0.15, 0.2) is 12.2 Å². The van der Waals surface area contributed by atoms with E-state index in [1.54, 1.807) is 0 Å². The Hall–Kier alpha value is -0.770. The van der Waals surface area contributed by atoms with Gasteiger partial charge in [-0.25, -0.2) is 0 Å². The fourth-order valence-corrected chi connectivity index (χ4v) is 4.28. The van der Waals surface area contributed by atoms with Crippen molar-refractivity contribution < 1.29 is 0 Å². The molecule has 1 nitrogen and oxygen atoms in total. The van der Waals surface area contributed by atoms with Gasteiger partial charge < -0.3 is 0 Å². The van der Waals surface area contributed by atoms with Crippen molar-refractivity contribution in [3.8, 4) is 6.07 Å². The minimum absolute atomic E-state index is 0.368. The second-order valence-electron chi connectivity index (χ2n) is 6.98. The average molecular weight is 273 g/mol. The van der Waals surface area contributed by atoms with Crippen LogP contribution in [-0.4, -0.2) is 0 Å². The molecule has 2 saturated carbocycles. The predicted molar refractivity (Wildman–Crippen MR) is 85.2 cm³/mol. The van der Waals surface area contributed by atoms with Gasteiger partial charge >= 0.3 is 0 Å². The predicted octanol–water partition coefficient (Wildman–Crippen LogP) is 5.87. The van der Waals surface area contributed by atoms with Gasteiger partial charge in [-0.2, -0.15) is 5.26 Å². The Morgan fingerprint density at radius 1 is 0.900 bits per heavy atom. The van der Waals surface area contributed by atoms with Gasteiger partial charge in [0.15, 0.2) is 0 Å². The molecule has 0 aromatic rings. The average Bonchev–Trinajstić information content (AvgIpc) is 2.52. The Morgan fingerprint density at radius 3 is 2.05 bits per heavy atom. The quantitative estimate of drug-likeness (QED) is 0.575. The van der Waals surface area contributed by atoms with E-state index in [0.29, 0.717) is 5.92 Å². The van der Waals surface area contributed by atoms with Crippen molar-refractivity contribution in [1.29, 1.82) is 5.26 Å². The molecule has 0 atom stereocenters. The van der Waals surface area contributed by atoms with Crippen molar-refractivity contribution in [1.82, 2.24) is 0 Å². The summed E-state index contributed by atoms with van der Waals surface area (Å²) in [6, 6.07) is 2.46. The van der Waals surface area contributed by atoms with E-state index >= 15 is 0 Å². The van der Waals surface area contributed by atoms with Crippen LogP contribution < -0.4 is 0 Å². The van der Waals surface area contributed by atoms with Gasteiger partial charge in [0.2, 0.25) is 0 Å². The van der Waals surface area contributed by atoms with Crippen molar-refractivity contribution in [2.45, 2.75) is 77.6 Å². The van der Waals surface area contributed by atoms with Gasteiger partial charge in [0.1, 0.15) is 0 Å². The monoisotopic (exact) mass is 273 g/mol. The lowest BCUT2D eigenvalue weighted by atomic mass is 9.69. The summed E-state index contributed by atoms with van der Waals surface area (Å²) in [5.41, 5.74) is 0. The Morgan fingerprint density at radius 2 is 1.50 bits per heavy atom. The van der Waals surface area contributed by atoms with E-state index in [9.17, 15) is 0 Å². The molecule has 0 aromatic heterocycles. The molecular formula is C19H31N. The second kappa shape index (κ2) is 8.50. The molecule has 0 amide bonds. The molecule has 20 heavy (non-hydrogen) atoms. The van der Waals surface area contributed by atoms with E-state index in [2.05, 4.69) is 25.1 Å². The topological polar surface area (TPSA) is 23.8 Å². The van der Waals surface area contributed by atoms with Gasteiger partial charge in [0.25, 0.3) is 0 Å². The van der Waals surface area contributed by atoms with Crippen LogP contribution in [0.1, 0.15) is 77.6 Å². The van der Waals surface area contributed by atoms with Crippen molar-refractivity contribution in [2.24, 2.45) is 23.7 Å². The van der Waals surface area contributed by atoms with Crippen LogP contribution in [0, 0.1) is 35.0 Å². The van der Waals surface area contributed by atoms with E-state index in [0.717, 1.165) is 17.8 Å². The van der Waals surface area contributed by atoms with Crippen LogP contribution in [0.4, 0.5) is 0 Å². The molecule has 0 radical (unpaired) electrons. The smallest absolute Gasteiger partial charge is 0.0655 e. The van der Waals surface area contributed by atoms with Gasteiger partial charge in [0, 0.05) is 5.92 Å². The highest BCUT2D eigenvalue weighted by molar-refractivity contribution is 4.90. The van der Waals surface area contributed by atoms with E-state index in [-0.39, 0.29) is 0 Å². The number of hydrogen-bond donors (Lipinski definition) is 0. The maximum absolute atomic E-state index is 8.99. The molecule has 2 fully saturated rings. The molecule has 0 spiro atoms. The van der Waals surface area contributed by atoms with E-state index in [4.69, 9.17) is 5.26 Å². The Balaban J connectivity index is 1.64. The number of allylic oxidation sites excluding steroid dienone is 2. The molecular weight excluding hydrogens is 242 g/mol. The summed E-state index contributed by atoms with van der Waals surface area (Å²) in [4.78, 5) is 0. The lowest BCUT2D eigenvalue weighted by molar-refractivity contribution is 0.154. The normalized spacial score (nSPS) is 35.0. The molecule has 0 saturated heterocycles. The van der Waals surface area contributed by atoms with Crippen LogP contribution in [0.5, 0.6) is 0 Å². The summed E-state index contributed by atoms with van der Waals surface area (Å²) in [6.07, 6.45) is 19.4. The molecule has 2 aliphatic rings. The van der Waals surface area contributed by atoms with Crippen molar-refractivity contribution in [3.05, 3.63) is 12.2 Å².